The van der Waals surface area contributed by atoms with Gasteiger partial charge < -0.3 is 5.73 Å². The third-order valence-corrected chi connectivity index (χ3v) is 3.82. The first-order chi connectivity index (χ1) is 9.93. The summed E-state index contributed by atoms with van der Waals surface area (Å²) in [6.07, 6.45) is 1.89. The molecular weight excluding hydrogens is 258 g/mol. The van der Waals surface area contributed by atoms with Gasteiger partial charge in [0.15, 0.2) is 0 Å². The van der Waals surface area contributed by atoms with Crippen LogP contribution < -0.4 is 5.73 Å². The fourth-order valence-corrected chi connectivity index (χ4v) is 2.50. The predicted octanol–water partition coefficient (Wildman–Crippen LogP) is 3.96. The average molecular weight is 279 g/mol. The molecule has 0 unspecified atom stereocenters. The second-order valence-corrected chi connectivity index (χ2v) is 6.57. The zero-order valence-electron chi connectivity index (χ0n) is 12.8. The van der Waals surface area contributed by atoms with Gasteiger partial charge in [-0.3, -0.25) is 4.68 Å². The van der Waals surface area contributed by atoms with E-state index in [1.165, 1.54) is 11.1 Å². The van der Waals surface area contributed by atoms with Crippen LogP contribution in [0, 0.1) is 0 Å². The first-order valence-electron chi connectivity index (χ1n) is 7.24. The molecule has 3 heteroatoms. The molecule has 0 atom stereocenters. The van der Waals surface area contributed by atoms with Crippen molar-refractivity contribution in [2.24, 2.45) is 0 Å². The van der Waals surface area contributed by atoms with Crippen molar-refractivity contribution in [1.29, 1.82) is 0 Å². The zero-order chi connectivity index (χ0) is 15.0. The van der Waals surface area contributed by atoms with Crippen LogP contribution in [-0.2, 0) is 12.0 Å². The molecule has 2 aromatic carbocycles. The van der Waals surface area contributed by atoms with Crippen molar-refractivity contribution < 1.29 is 0 Å². The van der Waals surface area contributed by atoms with Gasteiger partial charge >= 0.3 is 0 Å². The summed E-state index contributed by atoms with van der Waals surface area (Å²) in [5.74, 6) is 0. The summed E-state index contributed by atoms with van der Waals surface area (Å²) in [5, 5.41) is 5.58. The monoisotopic (exact) mass is 279 g/mol. The Morgan fingerprint density at radius 2 is 1.76 bits per heavy atom. The van der Waals surface area contributed by atoms with Crippen molar-refractivity contribution in [3.63, 3.8) is 0 Å². The molecule has 3 aromatic rings. The molecule has 2 N–H and O–H groups in total. The lowest BCUT2D eigenvalue weighted by atomic mass is 9.87. The average Bonchev–Trinajstić information content (AvgIpc) is 2.81. The SMILES string of the molecule is CC(C)(C)c1ccc(Cn2ncc3ccc(N)cc32)cc1. The highest BCUT2D eigenvalue weighted by Crippen LogP contribution is 2.23. The van der Waals surface area contributed by atoms with Crippen LogP contribution in [0.4, 0.5) is 5.69 Å². The maximum Gasteiger partial charge on any atom is 0.0706 e. The van der Waals surface area contributed by atoms with Gasteiger partial charge in [0.1, 0.15) is 0 Å². The molecule has 3 rings (SSSR count). The molecule has 21 heavy (non-hydrogen) atoms. The van der Waals surface area contributed by atoms with E-state index < -0.39 is 0 Å². The second-order valence-electron chi connectivity index (χ2n) is 6.57. The van der Waals surface area contributed by atoms with Gasteiger partial charge in [-0.1, -0.05) is 45.0 Å². The first kappa shape index (κ1) is 13.7. The zero-order valence-corrected chi connectivity index (χ0v) is 12.8. The Labute approximate surface area is 125 Å². The van der Waals surface area contributed by atoms with Crippen LogP contribution in [0.25, 0.3) is 10.9 Å². The van der Waals surface area contributed by atoms with Gasteiger partial charge in [-0.25, -0.2) is 0 Å². The first-order valence-corrected chi connectivity index (χ1v) is 7.24. The van der Waals surface area contributed by atoms with Gasteiger partial charge in [0.2, 0.25) is 0 Å². The third kappa shape index (κ3) is 2.77. The summed E-state index contributed by atoms with van der Waals surface area (Å²) < 4.78 is 2.00. The molecule has 0 aliphatic rings. The summed E-state index contributed by atoms with van der Waals surface area (Å²) in [6, 6.07) is 14.7. The number of nitrogens with zero attached hydrogens (tertiary/aromatic N) is 2. The van der Waals surface area contributed by atoms with Crippen molar-refractivity contribution in [2.45, 2.75) is 32.7 Å². The number of nitrogens with two attached hydrogens (primary N) is 1. The van der Waals surface area contributed by atoms with Crippen LogP contribution in [-0.4, -0.2) is 9.78 Å². The van der Waals surface area contributed by atoms with Crippen LogP contribution in [0.5, 0.6) is 0 Å². The molecule has 0 aliphatic carbocycles. The lowest BCUT2D eigenvalue weighted by Gasteiger charge is -2.19. The van der Waals surface area contributed by atoms with Crippen LogP contribution in [0.2, 0.25) is 0 Å². The van der Waals surface area contributed by atoms with Gasteiger partial charge in [-0.15, -0.1) is 0 Å². The van der Waals surface area contributed by atoms with E-state index in [0.717, 1.165) is 23.1 Å². The predicted molar refractivity (Wildman–Crippen MR) is 88.4 cm³/mol. The molecule has 1 aromatic heterocycles. The highest BCUT2D eigenvalue weighted by molar-refractivity contribution is 5.81. The number of rotatable bonds is 2. The van der Waals surface area contributed by atoms with Crippen molar-refractivity contribution in [3.05, 3.63) is 59.8 Å². The van der Waals surface area contributed by atoms with Crippen molar-refractivity contribution in [2.75, 3.05) is 5.73 Å². The lowest BCUT2D eigenvalue weighted by molar-refractivity contribution is 0.589. The van der Waals surface area contributed by atoms with E-state index in [-0.39, 0.29) is 5.41 Å². The van der Waals surface area contributed by atoms with Gasteiger partial charge in [0.25, 0.3) is 0 Å². The van der Waals surface area contributed by atoms with Crippen LogP contribution >= 0.6 is 0 Å². The molecule has 0 saturated carbocycles. The van der Waals surface area contributed by atoms with E-state index in [0.29, 0.717) is 0 Å². The minimum atomic E-state index is 0.186. The largest absolute Gasteiger partial charge is 0.399 e. The topological polar surface area (TPSA) is 43.8 Å². The molecule has 0 aliphatic heterocycles. The van der Waals surface area contributed by atoms with E-state index in [1.807, 2.05) is 29.1 Å². The Morgan fingerprint density at radius 3 is 2.43 bits per heavy atom. The molecule has 0 saturated heterocycles. The van der Waals surface area contributed by atoms with Crippen LogP contribution in [0.3, 0.4) is 0 Å². The lowest BCUT2D eigenvalue weighted by Crippen LogP contribution is -2.11. The fraction of sp³-hybridized carbons (Fsp3) is 0.278. The minimum absolute atomic E-state index is 0.186. The summed E-state index contributed by atoms with van der Waals surface area (Å²) in [7, 11) is 0. The van der Waals surface area contributed by atoms with Gasteiger partial charge in [0, 0.05) is 11.1 Å². The van der Waals surface area contributed by atoms with E-state index in [4.69, 9.17) is 5.73 Å². The maximum atomic E-state index is 5.87. The van der Waals surface area contributed by atoms with E-state index in [1.54, 1.807) is 0 Å². The highest BCUT2D eigenvalue weighted by Gasteiger charge is 2.13. The second kappa shape index (κ2) is 4.92. The molecule has 3 nitrogen and oxygen atoms in total. The number of fused-ring (bicyclic) bond motifs is 1. The Morgan fingerprint density at radius 1 is 1.05 bits per heavy atom. The number of nitrogen functional groups attached to an aromatic ring is 1. The number of hydrogen-bond acceptors (Lipinski definition) is 2. The van der Waals surface area contributed by atoms with E-state index >= 15 is 0 Å². The summed E-state index contributed by atoms with van der Waals surface area (Å²) >= 11 is 0. The number of anilines is 1. The Balaban J connectivity index is 1.90. The molecule has 0 amide bonds. The fourth-order valence-electron chi connectivity index (χ4n) is 2.50. The molecule has 108 valence electrons. The van der Waals surface area contributed by atoms with Gasteiger partial charge in [-0.2, -0.15) is 5.10 Å². The van der Waals surface area contributed by atoms with Gasteiger partial charge in [-0.05, 0) is 34.7 Å². The number of aromatic nitrogens is 2. The molecular formula is C18H21N3. The van der Waals surface area contributed by atoms with E-state index in [9.17, 15) is 0 Å². The highest BCUT2D eigenvalue weighted by atomic mass is 15.3. The normalized spacial score (nSPS) is 12.0. The Kier molecular flexibility index (Phi) is 3.20. The molecule has 0 spiro atoms. The Hall–Kier alpha value is -2.29. The van der Waals surface area contributed by atoms with Crippen molar-refractivity contribution in [1.82, 2.24) is 9.78 Å². The molecule has 0 bridgehead atoms. The quantitative estimate of drug-likeness (QED) is 0.721. The van der Waals surface area contributed by atoms with Crippen LogP contribution in [0.15, 0.2) is 48.7 Å². The standard InChI is InChI=1S/C18H21N3/c1-18(2,3)15-7-4-13(5-8-15)12-21-17-10-16(19)9-6-14(17)11-20-21/h4-11H,12,19H2,1-3H3. The smallest absolute Gasteiger partial charge is 0.0706 e. The van der Waals surface area contributed by atoms with Crippen molar-refractivity contribution >= 4 is 16.6 Å². The minimum Gasteiger partial charge on any atom is -0.399 e. The number of hydrogen-bond donors (Lipinski definition) is 1. The summed E-state index contributed by atoms with van der Waals surface area (Å²) in [4.78, 5) is 0. The summed E-state index contributed by atoms with van der Waals surface area (Å²) in [6.45, 7) is 7.45. The maximum absolute atomic E-state index is 5.87. The molecule has 0 fully saturated rings. The van der Waals surface area contributed by atoms with E-state index in [2.05, 4.69) is 50.1 Å². The van der Waals surface area contributed by atoms with Crippen LogP contribution in [0.1, 0.15) is 31.9 Å². The Bertz CT molecular complexity index is 761. The molecule has 0 radical (unpaired) electrons. The third-order valence-electron chi connectivity index (χ3n) is 3.82. The summed E-state index contributed by atoms with van der Waals surface area (Å²) in [5.41, 5.74) is 10.5. The molecule has 1 heterocycles. The van der Waals surface area contributed by atoms with Gasteiger partial charge in [0.05, 0.1) is 18.3 Å². The number of benzene rings is 2. The van der Waals surface area contributed by atoms with Crippen molar-refractivity contribution in [3.8, 4) is 0 Å².